The van der Waals surface area contributed by atoms with Crippen LogP contribution in [0.2, 0.25) is 0 Å². The van der Waals surface area contributed by atoms with E-state index in [0.29, 0.717) is 3.57 Å². The summed E-state index contributed by atoms with van der Waals surface area (Å²) in [4.78, 5) is 28.4. The number of halogens is 1. The van der Waals surface area contributed by atoms with Gasteiger partial charge in [-0.1, -0.05) is 18.2 Å². The van der Waals surface area contributed by atoms with Crippen LogP contribution in [-0.4, -0.2) is 62.3 Å². The first kappa shape index (κ1) is 29.5. The Morgan fingerprint density at radius 2 is 2.00 bits per heavy atom. The van der Waals surface area contributed by atoms with Gasteiger partial charge in [-0.05, 0) is 62.4 Å². The molecule has 2 heterocycles. The molecule has 1 saturated heterocycles. The summed E-state index contributed by atoms with van der Waals surface area (Å²) in [6, 6.07) is 7.04. The Morgan fingerprint density at radius 3 is 2.62 bits per heavy atom. The highest BCUT2D eigenvalue weighted by Gasteiger charge is 2.54. The quantitative estimate of drug-likeness (QED) is 0.165. The van der Waals surface area contributed by atoms with Crippen molar-refractivity contribution in [1.82, 2.24) is 14.6 Å². The fraction of sp³-hybridized carbons (Fsp3) is 0.500. The first-order chi connectivity index (χ1) is 17.2. The number of hydrogen-bond acceptors (Lipinski definition) is 11. The van der Waals surface area contributed by atoms with Crippen molar-refractivity contribution >= 4 is 42.1 Å². The number of aromatic nitrogens is 2. The maximum Gasteiger partial charge on any atom is 0.459 e. The summed E-state index contributed by atoms with van der Waals surface area (Å²) in [5.41, 5.74) is 2.92. The van der Waals surface area contributed by atoms with Crippen LogP contribution in [0.3, 0.4) is 0 Å². The Morgan fingerprint density at radius 1 is 1.35 bits per heavy atom. The third-order valence-electron chi connectivity index (χ3n) is 5.38. The molecule has 1 aliphatic heterocycles. The smallest absolute Gasteiger partial charge is 0.459 e. The van der Waals surface area contributed by atoms with Crippen LogP contribution >= 0.6 is 30.3 Å². The largest absolute Gasteiger partial charge is 0.462 e. The zero-order chi connectivity index (χ0) is 27.5. The van der Waals surface area contributed by atoms with Gasteiger partial charge in [-0.2, -0.15) is 10.1 Å². The number of nitrogens with zero attached hydrogens (tertiary/aromatic N) is 2. The molecule has 1 aromatic heterocycles. The lowest BCUT2D eigenvalue weighted by molar-refractivity contribution is -0.149. The minimum absolute atomic E-state index is 0.00936. The van der Waals surface area contributed by atoms with E-state index in [2.05, 4.69) is 10.1 Å². The summed E-state index contributed by atoms with van der Waals surface area (Å²) in [5.74, 6) is -0.481. The number of aliphatic hydroxyl groups is 2. The van der Waals surface area contributed by atoms with Gasteiger partial charge in [-0.15, -0.1) is 0 Å². The maximum absolute atomic E-state index is 13.7. The van der Waals surface area contributed by atoms with E-state index in [1.165, 1.54) is 20.0 Å². The summed E-state index contributed by atoms with van der Waals surface area (Å²) < 4.78 is 37.1. The number of para-hydroxylation sites is 1. The van der Waals surface area contributed by atoms with Crippen LogP contribution in [-0.2, 0) is 23.4 Å². The highest BCUT2D eigenvalue weighted by Crippen LogP contribution is 2.47. The van der Waals surface area contributed by atoms with E-state index in [9.17, 15) is 24.4 Å². The number of ether oxygens (including phenoxy) is 2. The van der Waals surface area contributed by atoms with E-state index in [0.717, 1.165) is 4.57 Å². The standard InChI is InChI=1S/C22H30IN4O9P/c1-12(2)34-19(29)13(3)26-37(32,36-14-8-6-5-7-9-14)33-11-16-17(28)22(4,31)20(35-16)27-10-15(23)18(24)25-21(27)30/h5-10,12-13,16-17,20,28,31H,11H2,1-4H3,(H,26,32)(H2,24,25,30)/t13-,16-,17-,20-,22-,37+/m1/s1. The number of aliphatic hydroxyl groups excluding tert-OH is 1. The lowest BCUT2D eigenvalue weighted by atomic mass is 9.96. The number of carbonyl (C=O) groups is 1. The lowest BCUT2D eigenvalue weighted by Gasteiger charge is -2.27. The van der Waals surface area contributed by atoms with E-state index in [1.807, 2.05) is 22.6 Å². The lowest BCUT2D eigenvalue weighted by Crippen LogP contribution is -2.46. The average molecular weight is 652 g/mol. The van der Waals surface area contributed by atoms with Crippen LogP contribution in [0.15, 0.2) is 41.3 Å². The molecule has 13 nitrogen and oxygen atoms in total. The highest BCUT2D eigenvalue weighted by atomic mass is 127. The first-order valence-corrected chi connectivity index (χ1v) is 13.9. The van der Waals surface area contributed by atoms with Crippen molar-refractivity contribution in [3.8, 4) is 5.75 Å². The van der Waals surface area contributed by atoms with Gasteiger partial charge in [0.2, 0.25) is 0 Å². The second kappa shape index (κ2) is 11.8. The molecular formula is C22H30IN4O9P. The average Bonchev–Trinajstić information content (AvgIpc) is 3.03. The van der Waals surface area contributed by atoms with Gasteiger partial charge in [-0.3, -0.25) is 13.9 Å². The van der Waals surface area contributed by atoms with Crippen molar-refractivity contribution in [2.75, 3.05) is 12.3 Å². The molecule has 15 heteroatoms. The van der Waals surface area contributed by atoms with E-state index < -0.39 is 62.2 Å². The zero-order valence-corrected chi connectivity index (χ0v) is 23.7. The molecular weight excluding hydrogens is 622 g/mol. The SMILES string of the molecule is CC(C)OC(=O)[C@@H](C)N[P@](=O)(OC[C@H]1O[C@@H](n2cc(I)c(N)nc2=O)[C@](C)(O)[C@@H]1O)Oc1ccccc1. The molecule has 1 aliphatic rings. The summed E-state index contributed by atoms with van der Waals surface area (Å²) in [5, 5.41) is 24.3. The molecule has 3 rings (SSSR count). The van der Waals surface area contributed by atoms with Crippen LogP contribution in [0.25, 0.3) is 0 Å². The van der Waals surface area contributed by atoms with Crippen molar-refractivity contribution < 1.29 is 38.1 Å². The van der Waals surface area contributed by atoms with Crippen LogP contribution in [0.5, 0.6) is 5.75 Å². The predicted octanol–water partition coefficient (Wildman–Crippen LogP) is 1.57. The molecule has 0 radical (unpaired) electrons. The number of nitrogens with one attached hydrogen (secondary N) is 1. The third-order valence-corrected chi connectivity index (χ3v) is 7.85. The number of hydrogen-bond donors (Lipinski definition) is 4. The van der Waals surface area contributed by atoms with Gasteiger partial charge in [0.15, 0.2) is 6.23 Å². The second-order valence-corrected chi connectivity index (χ2v) is 11.8. The Kier molecular flexibility index (Phi) is 9.37. The molecule has 6 atom stereocenters. The van der Waals surface area contributed by atoms with Crippen molar-refractivity contribution in [2.45, 2.75) is 63.9 Å². The number of nitrogen functional groups attached to an aromatic ring is 1. The number of rotatable bonds is 10. The minimum atomic E-state index is -4.25. The van der Waals surface area contributed by atoms with E-state index in [4.69, 9.17) is 24.3 Å². The molecule has 1 aromatic carbocycles. The molecule has 5 N–H and O–H groups in total. The van der Waals surface area contributed by atoms with Crippen LogP contribution in [0.1, 0.15) is 33.9 Å². The first-order valence-electron chi connectivity index (χ1n) is 11.3. The molecule has 0 amide bonds. The second-order valence-electron chi connectivity index (χ2n) is 8.90. The van der Waals surface area contributed by atoms with Gasteiger partial charge in [0.1, 0.15) is 35.4 Å². The Balaban J connectivity index is 1.81. The number of carbonyl (C=O) groups excluding carboxylic acids is 1. The predicted molar refractivity (Wildman–Crippen MR) is 141 cm³/mol. The molecule has 0 bridgehead atoms. The van der Waals surface area contributed by atoms with E-state index >= 15 is 0 Å². The molecule has 0 unspecified atom stereocenters. The fourth-order valence-electron chi connectivity index (χ4n) is 3.51. The van der Waals surface area contributed by atoms with Gasteiger partial charge in [-0.25, -0.2) is 9.36 Å². The molecule has 2 aromatic rings. The number of benzene rings is 1. The number of nitrogens with two attached hydrogens (primary N) is 1. The van der Waals surface area contributed by atoms with Crippen molar-refractivity contribution in [2.24, 2.45) is 0 Å². The van der Waals surface area contributed by atoms with Gasteiger partial charge in [0, 0.05) is 6.20 Å². The summed E-state index contributed by atoms with van der Waals surface area (Å²) >= 11 is 1.87. The van der Waals surface area contributed by atoms with Crippen LogP contribution in [0.4, 0.5) is 5.82 Å². The Bertz CT molecular complexity index is 1210. The van der Waals surface area contributed by atoms with Crippen molar-refractivity contribution in [1.29, 1.82) is 0 Å². The summed E-state index contributed by atoms with van der Waals surface area (Å²) in [7, 11) is -4.25. The van der Waals surface area contributed by atoms with Crippen LogP contribution in [0, 0.1) is 3.57 Å². The minimum Gasteiger partial charge on any atom is -0.462 e. The molecule has 37 heavy (non-hydrogen) atoms. The third kappa shape index (κ3) is 7.07. The Hall–Kier alpha value is -2.07. The molecule has 0 saturated carbocycles. The molecule has 204 valence electrons. The summed E-state index contributed by atoms with van der Waals surface area (Å²) in [6.07, 6.45) is -3.22. The Labute approximate surface area is 227 Å². The monoisotopic (exact) mass is 652 g/mol. The summed E-state index contributed by atoms with van der Waals surface area (Å²) in [6.45, 7) is 5.51. The number of anilines is 1. The molecule has 1 fully saturated rings. The van der Waals surface area contributed by atoms with Crippen molar-refractivity contribution in [3.63, 3.8) is 0 Å². The van der Waals surface area contributed by atoms with E-state index in [1.54, 1.807) is 44.2 Å². The maximum atomic E-state index is 13.7. The van der Waals surface area contributed by atoms with Gasteiger partial charge >= 0.3 is 19.4 Å². The van der Waals surface area contributed by atoms with Gasteiger partial charge in [0.05, 0.1) is 16.3 Å². The highest BCUT2D eigenvalue weighted by molar-refractivity contribution is 14.1. The van der Waals surface area contributed by atoms with Crippen LogP contribution < -0.4 is 21.0 Å². The van der Waals surface area contributed by atoms with Gasteiger partial charge in [0.25, 0.3) is 0 Å². The molecule has 0 spiro atoms. The zero-order valence-electron chi connectivity index (χ0n) is 20.6. The normalized spacial score (nSPS) is 26.0. The molecule has 0 aliphatic carbocycles. The van der Waals surface area contributed by atoms with Gasteiger partial charge < -0.3 is 29.9 Å². The van der Waals surface area contributed by atoms with E-state index in [-0.39, 0.29) is 11.6 Å². The fourth-order valence-corrected chi connectivity index (χ4v) is 5.43. The topological polar surface area (TPSA) is 184 Å². The van der Waals surface area contributed by atoms with Crippen molar-refractivity contribution in [3.05, 3.63) is 50.6 Å². The number of esters is 1.